The van der Waals surface area contributed by atoms with Crippen LogP contribution in [0.25, 0.3) is 0 Å². The second kappa shape index (κ2) is 3.58. The van der Waals surface area contributed by atoms with E-state index in [0.717, 1.165) is 30.6 Å². The third kappa shape index (κ3) is 1.48. The van der Waals surface area contributed by atoms with E-state index in [1.165, 1.54) is 5.56 Å². The molecule has 2 heteroatoms. The normalized spacial score (nSPS) is 17.7. The second-order valence-corrected chi connectivity index (χ2v) is 4.25. The molecular formula is C13H15NO. The van der Waals surface area contributed by atoms with Gasteiger partial charge in [0, 0.05) is 5.56 Å². The number of nitrogens with zero attached hydrogens (tertiary/aromatic N) is 1. The molecule has 0 amide bonds. The predicted octanol–water partition coefficient (Wildman–Crippen LogP) is 2.95. The van der Waals surface area contributed by atoms with Crippen LogP contribution >= 0.6 is 0 Å². The van der Waals surface area contributed by atoms with Crippen molar-refractivity contribution in [1.29, 1.82) is 5.26 Å². The Morgan fingerprint density at radius 2 is 2.13 bits per heavy atom. The second-order valence-electron chi connectivity index (χ2n) is 4.25. The fourth-order valence-electron chi connectivity index (χ4n) is 2.17. The highest BCUT2D eigenvalue weighted by molar-refractivity contribution is 5.47. The minimum Gasteiger partial charge on any atom is -0.496 e. The Hall–Kier alpha value is -1.49. The molecule has 0 aliphatic heterocycles. The van der Waals surface area contributed by atoms with Crippen molar-refractivity contribution in [2.24, 2.45) is 0 Å². The molecule has 0 unspecified atom stereocenters. The van der Waals surface area contributed by atoms with Crippen LogP contribution in [0.4, 0.5) is 0 Å². The Morgan fingerprint density at radius 3 is 2.60 bits per heavy atom. The summed E-state index contributed by atoms with van der Waals surface area (Å²) in [4.78, 5) is 0. The van der Waals surface area contributed by atoms with Gasteiger partial charge in [0.2, 0.25) is 0 Å². The van der Waals surface area contributed by atoms with Gasteiger partial charge < -0.3 is 4.74 Å². The lowest BCUT2D eigenvalue weighted by atomic mass is 9.65. The van der Waals surface area contributed by atoms with Gasteiger partial charge >= 0.3 is 0 Å². The predicted molar refractivity (Wildman–Crippen MR) is 58.9 cm³/mol. The lowest BCUT2D eigenvalue weighted by Crippen LogP contribution is -2.32. The van der Waals surface area contributed by atoms with E-state index in [1.54, 1.807) is 7.11 Å². The number of nitriles is 1. The number of ether oxygens (including phenoxy) is 1. The van der Waals surface area contributed by atoms with Gasteiger partial charge in [0.15, 0.2) is 0 Å². The van der Waals surface area contributed by atoms with E-state index < -0.39 is 0 Å². The van der Waals surface area contributed by atoms with E-state index in [0.29, 0.717) is 0 Å². The molecular weight excluding hydrogens is 186 g/mol. The molecule has 2 nitrogen and oxygen atoms in total. The molecule has 0 N–H and O–H groups in total. The van der Waals surface area contributed by atoms with Gasteiger partial charge in [0.05, 0.1) is 18.6 Å². The maximum atomic E-state index is 9.27. The highest BCUT2D eigenvalue weighted by atomic mass is 16.5. The fraction of sp³-hybridized carbons (Fsp3) is 0.462. The topological polar surface area (TPSA) is 33.0 Å². The van der Waals surface area contributed by atoms with Gasteiger partial charge in [-0.25, -0.2) is 0 Å². The van der Waals surface area contributed by atoms with Gasteiger partial charge in [0.25, 0.3) is 0 Å². The minimum absolute atomic E-state index is 0.279. The summed E-state index contributed by atoms with van der Waals surface area (Å²) in [6, 6.07) is 8.54. The van der Waals surface area contributed by atoms with Crippen LogP contribution in [0.15, 0.2) is 18.2 Å². The zero-order chi connectivity index (χ0) is 10.9. The molecule has 1 fully saturated rings. The average Bonchev–Trinajstić information content (AvgIpc) is 2.19. The van der Waals surface area contributed by atoms with Crippen molar-refractivity contribution in [1.82, 2.24) is 0 Å². The average molecular weight is 201 g/mol. The first-order valence-electron chi connectivity index (χ1n) is 5.28. The van der Waals surface area contributed by atoms with Crippen molar-refractivity contribution in [3.8, 4) is 11.8 Å². The molecule has 0 saturated heterocycles. The molecule has 2 rings (SSSR count). The summed E-state index contributed by atoms with van der Waals surface area (Å²) < 4.78 is 5.36. The molecule has 0 spiro atoms. The highest BCUT2D eigenvalue weighted by Crippen LogP contribution is 2.46. The van der Waals surface area contributed by atoms with Gasteiger partial charge in [-0.15, -0.1) is 0 Å². The van der Waals surface area contributed by atoms with Gasteiger partial charge in [-0.05, 0) is 37.8 Å². The number of hydrogen-bond donors (Lipinski definition) is 0. The van der Waals surface area contributed by atoms with Crippen molar-refractivity contribution < 1.29 is 4.74 Å². The van der Waals surface area contributed by atoms with Crippen molar-refractivity contribution in [3.63, 3.8) is 0 Å². The first-order valence-corrected chi connectivity index (χ1v) is 5.28. The third-order valence-electron chi connectivity index (χ3n) is 3.29. The van der Waals surface area contributed by atoms with Crippen molar-refractivity contribution >= 4 is 0 Å². The highest BCUT2D eigenvalue weighted by Gasteiger charge is 2.40. The van der Waals surface area contributed by atoms with Crippen LogP contribution < -0.4 is 4.74 Å². The van der Waals surface area contributed by atoms with Crippen LogP contribution in [0.1, 0.15) is 30.4 Å². The molecule has 78 valence electrons. The SMILES string of the molecule is COc1cc(C)ccc1C1(C#N)CCC1. The third-order valence-corrected chi connectivity index (χ3v) is 3.29. The van der Waals surface area contributed by atoms with E-state index in [4.69, 9.17) is 4.74 Å². The number of benzene rings is 1. The largest absolute Gasteiger partial charge is 0.496 e. The maximum Gasteiger partial charge on any atom is 0.123 e. The molecule has 1 aliphatic rings. The van der Waals surface area contributed by atoms with Crippen molar-refractivity contribution in [2.75, 3.05) is 7.11 Å². The Labute approximate surface area is 90.5 Å². The number of hydrogen-bond acceptors (Lipinski definition) is 2. The van der Waals surface area contributed by atoms with Gasteiger partial charge in [-0.2, -0.15) is 5.26 Å². The van der Waals surface area contributed by atoms with Gasteiger partial charge in [-0.3, -0.25) is 0 Å². The maximum absolute atomic E-state index is 9.27. The Bertz CT molecular complexity index is 413. The molecule has 0 aromatic heterocycles. The molecule has 1 aromatic carbocycles. The van der Waals surface area contributed by atoms with Crippen LogP contribution in [0, 0.1) is 18.3 Å². The van der Waals surface area contributed by atoms with Gasteiger partial charge in [-0.1, -0.05) is 12.1 Å². The van der Waals surface area contributed by atoms with E-state index in [1.807, 2.05) is 19.1 Å². The summed E-state index contributed by atoms with van der Waals surface area (Å²) in [5, 5.41) is 9.27. The molecule has 1 aromatic rings. The number of rotatable bonds is 2. The van der Waals surface area contributed by atoms with Crippen LogP contribution in [-0.4, -0.2) is 7.11 Å². The molecule has 0 atom stereocenters. The number of methoxy groups -OCH3 is 1. The Balaban J connectivity index is 2.48. The zero-order valence-electron chi connectivity index (χ0n) is 9.21. The van der Waals surface area contributed by atoms with Crippen LogP contribution in [0.5, 0.6) is 5.75 Å². The van der Waals surface area contributed by atoms with Crippen LogP contribution in [0.2, 0.25) is 0 Å². The summed E-state index contributed by atoms with van der Waals surface area (Å²) >= 11 is 0. The molecule has 0 radical (unpaired) electrons. The molecule has 1 saturated carbocycles. The summed E-state index contributed by atoms with van der Waals surface area (Å²) in [6.45, 7) is 2.03. The molecule has 0 bridgehead atoms. The van der Waals surface area contributed by atoms with E-state index in [-0.39, 0.29) is 5.41 Å². The van der Waals surface area contributed by atoms with E-state index in [9.17, 15) is 5.26 Å². The first kappa shape index (κ1) is 10.0. The van der Waals surface area contributed by atoms with Crippen molar-refractivity contribution in [2.45, 2.75) is 31.6 Å². The Kier molecular flexibility index (Phi) is 2.40. The Morgan fingerprint density at radius 1 is 1.40 bits per heavy atom. The molecule has 1 aliphatic carbocycles. The summed E-state index contributed by atoms with van der Waals surface area (Å²) in [7, 11) is 1.67. The lowest BCUT2D eigenvalue weighted by Gasteiger charge is -2.36. The van der Waals surface area contributed by atoms with E-state index >= 15 is 0 Å². The summed E-state index contributed by atoms with van der Waals surface area (Å²) in [5.74, 6) is 0.858. The smallest absolute Gasteiger partial charge is 0.123 e. The summed E-state index contributed by atoms with van der Waals surface area (Å²) in [6.07, 6.45) is 3.07. The first-order chi connectivity index (χ1) is 7.22. The summed E-state index contributed by atoms with van der Waals surface area (Å²) in [5.41, 5.74) is 1.95. The molecule has 0 heterocycles. The van der Waals surface area contributed by atoms with Crippen molar-refractivity contribution in [3.05, 3.63) is 29.3 Å². The van der Waals surface area contributed by atoms with Crippen LogP contribution in [0.3, 0.4) is 0 Å². The van der Waals surface area contributed by atoms with E-state index in [2.05, 4.69) is 12.1 Å². The lowest BCUT2D eigenvalue weighted by molar-refractivity contribution is 0.307. The minimum atomic E-state index is -0.279. The standard InChI is InChI=1S/C13H15NO/c1-10-4-5-11(12(8-10)15-2)13(9-14)6-3-7-13/h4-5,8H,3,6-7H2,1-2H3. The monoisotopic (exact) mass is 201 g/mol. The molecule has 15 heavy (non-hydrogen) atoms. The van der Waals surface area contributed by atoms with Gasteiger partial charge in [0.1, 0.15) is 5.75 Å². The van der Waals surface area contributed by atoms with Crippen LogP contribution in [-0.2, 0) is 5.41 Å². The zero-order valence-corrected chi connectivity index (χ0v) is 9.21. The number of aryl methyl sites for hydroxylation is 1. The quantitative estimate of drug-likeness (QED) is 0.737. The fourth-order valence-corrected chi connectivity index (χ4v) is 2.17.